The molecule has 182 valence electrons. The van der Waals surface area contributed by atoms with Gasteiger partial charge < -0.3 is 24.8 Å². The first kappa shape index (κ1) is 27.0. The van der Waals surface area contributed by atoms with E-state index in [4.69, 9.17) is 14.2 Å². The van der Waals surface area contributed by atoms with E-state index in [0.717, 1.165) is 31.2 Å². The molecule has 2 aromatic carbocycles. The number of hydrogen-bond donors (Lipinski definition) is 2. The van der Waals surface area contributed by atoms with Crippen molar-refractivity contribution in [2.45, 2.75) is 38.4 Å². The Balaban J connectivity index is 0.00000385. The van der Waals surface area contributed by atoms with Gasteiger partial charge in [0.2, 0.25) is 5.75 Å². The van der Waals surface area contributed by atoms with Crippen LogP contribution in [-0.4, -0.2) is 58.4 Å². The van der Waals surface area contributed by atoms with Crippen molar-refractivity contribution in [3.05, 3.63) is 53.6 Å². The number of likely N-dealkylation sites (tertiary alicyclic amines) is 1. The van der Waals surface area contributed by atoms with Crippen LogP contribution in [0.15, 0.2) is 47.5 Å². The van der Waals surface area contributed by atoms with Gasteiger partial charge in [0.25, 0.3) is 0 Å². The lowest BCUT2D eigenvalue weighted by Gasteiger charge is -2.36. The molecule has 3 rings (SSSR count). The molecule has 0 aliphatic carbocycles. The monoisotopic (exact) mass is 568 g/mol. The van der Waals surface area contributed by atoms with E-state index < -0.39 is 0 Å². The lowest BCUT2D eigenvalue weighted by Crippen LogP contribution is -2.48. The fourth-order valence-electron chi connectivity index (χ4n) is 4.18. The van der Waals surface area contributed by atoms with Gasteiger partial charge in [-0.25, -0.2) is 0 Å². The summed E-state index contributed by atoms with van der Waals surface area (Å²) in [5.41, 5.74) is 2.38. The van der Waals surface area contributed by atoms with Gasteiger partial charge in [0.15, 0.2) is 17.5 Å². The molecule has 2 N–H and O–H groups in total. The minimum Gasteiger partial charge on any atom is -0.493 e. The zero-order chi connectivity index (χ0) is 22.8. The molecule has 0 aromatic heterocycles. The molecule has 0 saturated carbocycles. The number of nitrogens with one attached hydrogen (secondary N) is 2. The van der Waals surface area contributed by atoms with Crippen LogP contribution in [0.5, 0.6) is 17.2 Å². The molecule has 1 unspecified atom stereocenters. The number of ether oxygens (including phenoxy) is 3. The van der Waals surface area contributed by atoms with Crippen molar-refractivity contribution in [2.75, 3.05) is 41.5 Å². The lowest BCUT2D eigenvalue weighted by molar-refractivity contribution is 0.141. The summed E-state index contributed by atoms with van der Waals surface area (Å²) in [6.07, 6.45) is 3.73. The molecule has 0 radical (unpaired) electrons. The molecular formula is C25H37IN4O3. The molecule has 8 heteroatoms. The summed E-state index contributed by atoms with van der Waals surface area (Å²) in [6, 6.07) is 15.1. The Hall–Kier alpha value is -2.20. The van der Waals surface area contributed by atoms with Gasteiger partial charge >= 0.3 is 0 Å². The van der Waals surface area contributed by atoms with Crippen LogP contribution in [0.25, 0.3) is 0 Å². The number of hydrogen-bond acceptors (Lipinski definition) is 5. The number of halogens is 1. The molecule has 33 heavy (non-hydrogen) atoms. The molecule has 1 aliphatic rings. The van der Waals surface area contributed by atoms with E-state index in [1.165, 1.54) is 24.8 Å². The Morgan fingerprint density at radius 1 is 0.970 bits per heavy atom. The molecule has 1 fully saturated rings. The Morgan fingerprint density at radius 3 is 2.27 bits per heavy atom. The van der Waals surface area contributed by atoms with Gasteiger partial charge in [-0.05, 0) is 42.6 Å². The SMILES string of the molecule is CN=C(NCc1cc(OC)c(OC)c(OC)c1)NCC1CCCCN1Cc1ccccc1.I. The van der Waals surface area contributed by atoms with E-state index in [9.17, 15) is 0 Å². The maximum Gasteiger partial charge on any atom is 0.203 e. The van der Waals surface area contributed by atoms with Crippen molar-refractivity contribution in [3.63, 3.8) is 0 Å². The Bertz CT molecular complexity index is 854. The van der Waals surface area contributed by atoms with Crippen molar-refractivity contribution >= 4 is 29.9 Å². The first-order valence-corrected chi connectivity index (χ1v) is 11.2. The molecule has 0 spiro atoms. The van der Waals surface area contributed by atoms with Crippen LogP contribution in [0.1, 0.15) is 30.4 Å². The van der Waals surface area contributed by atoms with E-state index in [1.54, 1.807) is 28.4 Å². The molecule has 1 heterocycles. The van der Waals surface area contributed by atoms with Crippen LogP contribution < -0.4 is 24.8 Å². The third kappa shape index (κ3) is 7.67. The predicted octanol–water partition coefficient (Wildman–Crippen LogP) is 4.05. The van der Waals surface area contributed by atoms with Gasteiger partial charge in [-0.1, -0.05) is 36.8 Å². The number of methoxy groups -OCH3 is 3. The largest absolute Gasteiger partial charge is 0.493 e. The number of rotatable bonds is 9. The maximum atomic E-state index is 5.46. The zero-order valence-corrected chi connectivity index (χ0v) is 22.4. The molecule has 2 aromatic rings. The van der Waals surface area contributed by atoms with Crippen molar-refractivity contribution in [1.29, 1.82) is 0 Å². The van der Waals surface area contributed by atoms with E-state index in [1.807, 2.05) is 12.1 Å². The summed E-state index contributed by atoms with van der Waals surface area (Å²) in [5.74, 6) is 2.66. The second-order valence-electron chi connectivity index (χ2n) is 7.95. The number of aliphatic imine (C=N–C) groups is 1. The van der Waals surface area contributed by atoms with E-state index in [2.05, 4.69) is 50.9 Å². The summed E-state index contributed by atoms with van der Waals surface area (Å²) in [4.78, 5) is 6.99. The average molecular weight is 569 g/mol. The van der Waals surface area contributed by atoms with Crippen LogP contribution in [0, 0.1) is 0 Å². The second kappa shape index (κ2) is 14.1. The highest BCUT2D eigenvalue weighted by atomic mass is 127. The van der Waals surface area contributed by atoms with Gasteiger partial charge in [0.1, 0.15) is 0 Å². The van der Waals surface area contributed by atoms with Crippen LogP contribution in [0.4, 0.5) is 0 Å². The molecule has 1 aliphatic heterocycles. The molecule has 0 bridgehead atoms. The standard InChI is InChI=1S/C25H36N4O3.HI/c1-26-25(27-16-20-14-22(30-2)24(32-4)23(15-20)31-3)28-17-21-12-8-9-13-29(21)18-19-10-6-5-7-11-19;/h5-7,10-11,14-15,21H,8-9,12-13,16-18H2,1-4H3,(H2,26,27,28);1H. The van der Waals surface area contributed by atoms with Crippen molar-refractivity contribution in [3.8, 4) is 17.2 Å². The van der Waals surface area contributed by atoms with Crippen LogP contribution in [0.2, 0.25) is 0 Å². The van der Waals surface area contributed by atoms with Crippen LogP contribution >= 0.6 is 24.0 Å². The molecular weight excluding hydrogens is 531 g/mol. The smallest absolute Gasteiger partial charge is 0.203 e. The van der Waals surface area contributed by atoms with Crippen LogP contribution in [-0.2, 0) is 13.1 Å². The quantitative estimate of drug-likeness (QED) is 0.271. The van der Waals surface area contributed by atoms with Crippen LogP contribution in [0.3, 0.4) is 0 Å². The summed E-state index contributed by atoms with van der Waals surface area (Å²) in [5, 5.41) is 6.91. The van der Waals surface area contributed by atoms with Crippen molar-refractivity contribution in [2.24, 2.45) is 4.99 Å². The summed E-state index contributed by atoms with van der Waals surface area (Å²) in [7, 11) is 6.66. The summed E-state index contributed by atoms with van der Waals surface area (Å²) < 4.78 is 16.3. The minimum atomic E-state index is 0. The highest BCUT2D eigenvalue weighted by Gasteiger charge is 2.22. The first-order valence-electron chi connectivity index (χ1n) is 11.2. The van der Waals surface area contributed by atoms with Gasteiger partial charge in [-0.15, -0.1) is 24.0 Å². The summed E-state index contributed by atoms with van der Waals surface area (Å²) in [6.45, 7) is 3.58. The lowest BCUT2D eigenvalue weighted by atomic mass is 10.0. The molecule has 1 saturated heterocycles. The number of piperidine rings is 1. The van der Waals surface area contributed by atoms with Gasteiger partial charge in [-0.3, -0.25) is 9.89 Å². The average Bonchev–Trinajstić information content (AvgIpc) is 2.84. The number of benzene rings is 2. The van der Waals surface area contributed by atoms with Gasteiger partial charge in [0.05, 0.1) is 21.3 Å². The molecule has 7 nitrogen and oxygen atoms in total. The van der Waals surface area contributed by atoms with E-state index in [-0.39, 0.29) is 24.0 Å². The number of nitrogens with zero attached hydrogens (tertiary/aromatic N) is 2. The second-order valence-corrected chi connectivity index (χ2v) is 7.95. The maximum absolute atomic E-state index is 5.46. The van der Waals surface area contributed by atoms with Gasteiger partial charge in [-0.2, -0.15) is 0 Å². The molecule has 0 amide bonds. The zero-order valence-electron chi connectivity index (χ0n) is 20.1. The minimum absolute atomic E-state index is 0. The van der Waals surface area contributed by atoms with Gasteiger partial charge in [0, 0.05) is 32.7 Å². The third-order valence-electron chi connectivity index (χ3n) is 5.89. The first-order chi connectivity index (χ1) is 15.7. The Morgan fingerprint density at radius 2 is 1.67 bits per heavy atom. The Kier molecular flexibility index (Phi) is 11.6. The summed E-state index contributed by atoms with van der Waals surface area (Å²) >= 11 is 0. The predicted molar refractivity (Wildman–Crippen MR) is 144 cm³/mol. The normalized spacial score (nSPS) is 16.5. The highest BCUT2D eigenvalue weighted by molar-refractivity contribution is 14.0. The van der Waals surface area contributed by atoms with E-state index >= 15 is 0 Å². The highest BCUT2D eigenvalue weighted by Crippen LogP contribution is 2.38. The van der Waals surface area contributed by atoms with Crippen molar-refractivity contribution < 1.29 is 14.2 Å². The van der Waals surface area contributed by atoms with E-state index in [0.29, 0.717) is 29.8 Å². The number of guanidine groups is 1. The fraction of sp³-hybridized carbons (Fsp3) is 0.480. The van der Waals surface area contributed by atoms with Crippen molar-refractivity contribution in [1.82, 2.24) is 15.5 Å². The molecule has 1 atom stereocenters. The fourth-order valence-corrected chi connectivity index (χ4v) is 4.18. The topological polar surface area (TPSA) is 67.4 Å². The third-order valence-corrected chi connectivity index (χ3v) is 5.89. The Labute approximate surface area is 214 Å².